The Morgan fingerprint density at radius 1 is 0.977 bits per heavy atom. The van der Waals surface area contributed by atoms with Gasteiger partial charge in [-0.3, -0.25) is 24.7 Å². The number of likely N-dealkylation sites (tertiary alicyclic amines) is 1. The predicted octanol–water partition coefficient (Wildman–Crippen LogP) is 2.72. The average Bonchev–Trinajstić information content (AvgIpc) is 3.52. The highest BCUT2D eigenvalue weighted by Crippen LogP contribution is 2.27. The summed E-state index contributed by atoms with van der Waals surface area (Å²) >= 11 is 0. The molecule has 11 heteroatoms. The zero-order chi connectivity index (χ0) is 30.0. The Morgan fingerprint density at radius 3 is 2.44 bits per heavy atom. The zero-order valence-electron chi connectivity index (χ0n) is 23.3. The Bertz CT molecular complexity index is 1710. The van der Waals surface area contributed by atoms with Gasteiger partial charge in [0.1, 0.15) is 18.1 Å². The maximum absolute atomic E-state index is 13.3. The molecule has 3 aromatic carbocycles. The van der Waals surface area contributed by atoms with Crippen molar-refractivity contribution in [3.63, 3.8) is 0 Å². The highest BCUT2D eigenvalue weighted by atomic mass is 16.5. The number of para-hydroxylation sites is 2. The average molecular weight is 580 g/mol. The molecule has 6 rings (SSSR count). The van der Waals surface area contributed by atoms with Gasteiger partial charge >= 0.3 is 6.03 Å². The fraction of sp³-hybridized carbons (Fsp3) is 0.219. The fourth-order valence-electron chi connectivity index (χ4n) is 5.45. The Balaban J connectivity index is 1.12. The second kappa shape index (κ2) is 11.4. The number of nitrogens with zero attached hydrogens (tertiary/aromatic N) is 2. The molecule has 11 nitrogen and oxygen atoms in total. The topological polar surface area (TPSA) is 139 Å². The zero-order valence-corrected chi connectivity index (χ0v) is 23.3. The minimum Gasteiger partial charge on any atom is -0.489 e. The van der Waals surface area contributed by atoms with E-state index in [0.717, 1.165) is 22.2 Å². The molecule has 2 atom stereocenters. The molecule has 0 aliphatic carbocycles. The van der Waals surface area contributed by atoms with Gasteiger partial charge in [-0.2, -0.15) is 0 Å². The van der Waals surface area contributed by atoms with Gasteiger partial charge in [0.2, 0.25) is 0 Å². The number of benzene rings is 3. The molecule has 2 saturated heterocycles. The van der Waals surface area contributed by atoms with Gasteiger partial charge in [-0.15, -0.1) is 0 Å². The quantitative estimate of drug-likeness (QED) is 0.273. The van der Waals surface area contributed by atoms with Gasteiger partial charge in [0, 0.05) is 28.8 Å². The molecule has 43 heavy (non-hydrogen) atoms. The number of aryl methyl sites for hydroxylation is 1. The van der Waals surface area contributed by atoms with Gasteiger partial charge in [0.15, 0.2) is 12.1 Å². The number of nitrogens with one attached hydrogen (secondary N) is 3. The second-order valence-electron chi connectivity index (χ2n) is 10.5. The lowest BCUT2D eigenvalue weighted by Gasteiger charge is -2.27. The number of rotatable bonds is 8. The van der Waals surface area contributed by atoms with Crippen molar-refractivity contribution in [2.45, 2.75) is 25.1 Å². The maximum Gasteiger partial charge on any atom is 0.322 e. The summed E-state index contributed by atoms with van der Waals surface area (Å²) in [4.78, 5) is 57.2. The maximum atomic E-state index is 13.3. The van der Waals surface area contributed by atoms with Crippen LogP contribution in [0.5, 0.6) is 11.5 Å². The van der Waals surface area contributed by atoms with Crippen molar-refractivity contribution in [3.8, 4) is 11.5 Å². The van der Waals surface area contributed by atoms with Crippen molar-refractivity contribution >= 4 is 34.7 Å². The number of ether oxygens (including phenoxy) is 2. The molecule has 4 aromatic rings. The summed E-state index contributed by atoms with van der Waals surface area (Å²) in [6, 6.07) is 23.8. The van der Waals surface area contributed by atoms with E-state index in [1.165, 1.54) is 4.90 Å². The molecule has 0 unspecified atom stereocenters. The van der Waals surface area contributed by atoms with Crippen LogP contribution in [-0.2, 0) is 16.2 Å². The molecule has 1 spiro atoms. The summed E-state index contributed by atoms with van der Waals surface area (Å²) in [6.45, 7) is 1.91. The molecule has 2 aliphatic rings. The van der Waals surface area contributed by atoms with E-state index < -0.39 is 29.4 Å². The molecule has 218 valence electrons. The highest BCUT2D eigenvalue weighted by molar-refractivity contribution is 6.09. The molecule has 0 bridgehead atoms. The number of pyridine rings is 1. The Hall–Kier alpha value is -5.45. The summed E-state index contributed by atoms with van der Waals surface area (Å²) in [7, 11) is 0. The Labute approximate surface area is 247 Å². The first-order valence-electron chi connectivity index (χ1n) is 13.8. The van der Waals surface area contributed by atoms with E-state index in [4.69, 9.17) is 9.47 Å². The van der Waals surface area contributed by atoms with Crippen molar-refractivity contribution in [2.24, 2.45) is 0 Å². The van der Waals surface area contributed by atoms with Gasteiger partial charge in [-0.25, -0.2) is 4.79 Å². The van der Waals surface area contributed by atoms with Crippen LogP contribution in [0.3, 0.4) is 0 Å². The molecule has 5 amide bonds. The third kappa shape index (κ3) is 5.69. The van der Waals surface area contributed by atoms with Crippen LogP contribution >= 0.6 is 0 Å². The van der Waals surface area contributed by atoms with Gasteiger partial charge in [-0.1, -0.05) is 36.4 Å². The number of fused-ring (bicyclic) bond motifs is 1. The molecular formula is C32H29N5O6. The van der Waals surface area contributed by atoms with Crippen molar-refractivity contribution in [3.05, 3.63) is 102 Å². The standard InChI is InChI=1S/C32H29N5O6/c1-20-15-22(25-9-5-6-10-26(25)33-20)17-42-24-13-11-21(12-14-24)29(39)34-27-16-37(19-32(27)30(40)35-31(41)36-32)28(38)18-43-23-7-3-2-4-8-23/h2-15,27H,16-19H2,1H3,(H,34,39)(H2,35,36,40,41)/t27-,32+/m1/s1. The number of carbonyl (C=O) groups excluding carboxylic acids is 4. The summed E-state index contributed by atoms with van der Waals surface area (Å²) in [5, 5.41) is 8.71. The Kier molecular flexibility index (Phi) is 7.37. The number of imide groups is 1. The largest absolute Gasteiger partial charge is 0.489 e. The van der Waals surface area contributed by atoms with Crippen molar-refractivity contribution in [2.75, 3.05) is 19.7 Å². The van der Waals surface area contributed by atoms with Gasteiger partial charge in [0.05, 0.1) is 18.1 Å². The van der Waals surface area contributed by atoms with Gasteiger partial charge < -0.3 is 25.0 Å². The smallest absolute Gasteiger partial charge is 0.322 e. The van der Waals surface area contributed by atoms with E-state index in [-0.39, 0.29) is 25.6 Å². The SMILES string of the molecule is Cc1cc(COc2ccc(C(=O)N[C@@H]3CN(C(=O)COc4ccccc4)C[C@]34NC(=O)NC4=O)cc2)c2ccccc2n1. The first-order valence-corrected chi connectivity index (χ1v) is 13.8. The van der Waals surface area contributed by atoms with Crippen molar-refractivity contribution < 1.29 is 28.7 Å². The number of amides is 5. The summed E-state index contributed by atoms with van der Waals surface area (Å²) in [6.07, 6.45) is 0. The lowest BCUT2D eigenvalue weighted by molar-refractivity contribution is -0.132. The lowest BCUT2D eigenvalue weighted by Crippen LogP contribution is -2.62. The van der Waals surface area contributed by atoms with Crippen LogP contribution in [0.15, 0.2) is 84.9 Å². The molecule has 0 radical (unpaired) electrons. The molecule has 3 N–H and O–H groups in total. The van der Waals surface area contributed by atoms with E-state index >= 15 is 0 Å². The number of carbonyl (C=O) groups is 4. The van der Waals surface area contributed by atoms with E-state index in [0.29, 0.717) is 23.7 Å². The van der Waals surface area contributed by atoms with Crippen LogP contribution in [0, 0.1) is 6.92 Å². The molecule has 3 heterocycles. The number of urea groups is 1. The van der Waals surface area contributed by atoms with E-state index in [1.807, 2.05) is 43.3 Å². The third-order valence-electron chi connectivity index (χ3n) is 7.61. The van der Waals surface area contributed by atoms with E-state index in [9.17, 15) is 19.2 Å². The highest BCUT2D eigenvalue weighted by Gasteiger charge is 2.58. The van der Waals surface area contributed by atoms with Crippen LogP contribution < -0.4 is 25.4 Å². The molecule has 2 fully saturated rings. The number of hydrogen-bond donors (Lipinski definition) is 3. The van der Waals surface area contributed by atoms with Crippen LogP contribution in [0.1, 0.15) is 21.6 Å². The number of aromatic nitrogens is 1. The number of hydrogen-bond acceptors (Lipinski definition) is 7. The van der Waals surface area contributed by atoms with Crippen LogP contribution in [0.25, 0.3) is 10.9 Å². The van der Waals surface area contributed by atoms with Gasteiger partial charge in [-0.05, 0) is 55.5 Å². The summed E-state index contributed by atoms with van der Waals surface area (Å²) in [5.41, 5.74) is 1.62. The first-order chi connectivity index (χ1) is 20.8. The van der Waals surface area contributed by atoms with Crippen LogP contribution in [-0.4, -0.2) is 64.9 Å². The fourth-order valence-corrected chi connectivity index (χ4v) is 5.45. The normalized spacial score (nSPS) is 19.3. The molecular weight excluding hydrogens is 550 g/mol. The van der Waals surface area contributed by atoms with Crippen LogP contribution in [0.2, 0.25) is 0 Å². The van der Waals surface area contributed by atoms with E-state index in [2.05, 4.69) is 20.9 Å². The van der Waals surface area contributed by atoms with Crippen molar-refractivity contribution in [1.82, 2.24) is 25.8 Å². The monoisotopic (exact) mass is 579 g/mol. The summed E-state index contributed by atoms with van der Waals surface area (Å²) in [5.74, 6) is -0.351. The first kappa shape index (κ1) is 27.7. The predicted molar refractivity (Wildman–Crippen MR) is 156 cm³/mol. The molecule has 2 aliphatic heterocycles. The van der Waals surface area contributed by atoms with Crippen LogP contribution in [0.4, 0.5) is 4.79 Å². The van der Waals surface area contributed by atoms with Crippen molar-refractivity contribution in [1.29, 1.82) is 0 Å². The van der Waals surface area contributed by atoms with Gasteiger partial charge in [0.25, 0.3) is 17.7 Å². The van der Waals surface area contributed by atoms with E-state index in [1.54, 1.807) is 48.5 Å². The second-order valence-corrected chi connectivity index (χ2v) is 10.5. The molecule has 0 saturated carbocycles. The summed E-state index contributed by atoms with van der Waals surface area (Å²) < 4.78 is 11.6. The minimum absolute atomic E-state index is 0.0108. The Morgan fingerprint density at radius 2 is 1.70 bits per heavy atom. The minimum atomic E-state index is -1.50. The lowest BCUT2D eigenvalue weighted by atomic mass is 9.93. The third-order valence-corrected chi connectivity index (χ3v) is 7.61. The molecule has 1 aromatic heterocycles.